The Kier molecular flexibility index (Phi) is 4.61. The van der Waals surface area contributed by atoms with E-state index in [-0.39, 0.29) is 18.0 Å². The Bertz CT molecular complexity index is 547. The molecule has 1 aliphatic heterocycles. The van der Waals surface area contributed by atoms with E-state index >= 15 is 0 Å². The zero-order valence-electron chi connectivity index (χ0n) is 11.3. The summed E-state index contributed by atoms with van der Waals surface area (Å²) in [5.74, 6) is -0.126. The van der Waals surface area contributed by atoms with Gasteiger partial charge in [-0.2, -0.15) is 5.26 Å². The van der Waals surface area contributed by atoms with E-state index in [0.717, 1.165) is 19.5 Å². The topological polar surface area (TPSA) is 77.0 Å². The van der Waals surface area contributed by atoms with Gasteiger partial charge in [0.25, 0.3) is 0 Å². The van der Waals surface area contributed by atoms with Crippen molar-refractivity contribution in [2.75, 3.05) is 25.0 Å². The van der Waals surface area contributed by atoms with E-state index in [4.69, 9.17) is 16.9 Å². The number of rotatable bonds is 4. The summed E-state index contributed by atoms with van der Waals surface area (Å²) in [6.45, 7) is 4.17. The SMILES string of the molecule is CC1(NCC(=O)Nc2ccc(C#N)c(Cl)c2)CCNC1. The molecule has 0 radical (unpaired) electrons. The third-order valence-corrected chi connectivity index (χ3v) is 3.73. The van der Waals surface area contributed by atoms with Crippen LogP contribution in [0.5, 0.6) is 0 Å². The zero-order valence-corrected chi connectivity index (χ0v) is 12.0. The molecular weight excluding hydrogens is 276 g/mol. The number of hydrogen-bond acceptors (Lipinski definition) is 4. The van der Waals surface area contributed by atoms with Crippen LogP contribution in [0.3, 0.4) is 0 Å². The Hall–Kier alpha value is -1.61. The molecule has 1 saturated heterocycles. The number of hydrogen-bond donors (Lipinski definition) is 3. The summed E-state index contributed by atoms with van der Waals surface area (Å²) in [7, 11) is 0. The molecule has 0 spiro atoms. The first-order valence-corrected chi connectivity index (χ1v) is 6.85. The van der Waals surface area contributed by atoms with Crippen molar-refractivity contribution >= 4 is 23.2 Å². The van der Waals surface area contributed by atoms with Crippen molar-refractivity contribution in [1.82, 2.24) is 10.6 Å². The van der Waals surface area contributed by atoms with Gasteiger partial charge in [0.05, 0.1) is 17.1 Å². The highest BCUT2D eigenvalue weighted by Crippen LogP contribution is 2.20. The lowest BCUT2D eigenvalue weighted by Gasteiger charge is -2.24. The molecule has 6 heteroatoms. The van der Waals surface area contributed by atoms with Crippen LogP contribution in [0.1, 0.15) is 18.9 Å². The van der Waals surface area contributed by atoms with E-state index in [1.807, 2.05) is 6.07 Å². The highest BCUT2D eigenvalue weighted by molar-refractivity contribution is 6.32. The largest absolute Gasteiger partial charge is 0.325 e. The minimum atomic E-state index is -0.126. The lowest BCUT2D eigenvalue weighted by Crippen LogP contribution is -2.47. The van der Waals surface area contributed by atoms with E-state index in [1.54, 1.807) is 18.2 Å². The van der Waals surface area contributed by atoms with Gasteiger partial charge in [0, 0.05) is 17.8 Å². The van der Waals surface area contributed by atoms with Crippen molar-refractivity contribution in [2.45, 2.75) is 18.9 Å². The Balaban J connectivity index is 1.88. The maximum atomic E-state index is 11.9. The van der Waals surface area contributed by atoms with Gasteiger partial charge >= 0.3 is 0 Å². The lowest BCUT2D eigenvalue weighted by molar-refractivity contribution is -0.115. The molecule has 0 bridgehead atoms. The van der Waals surface area contributed by atoms with Crippen LogP contribution in [0.2, 0.25) is 5.02 Å². The number of benzene rings is 1. The van der Waals surface area contributed by atoms with Crippen LogP contribution in [0.4, 0.5) is 5.69 Å². The molecule has 0 aromatic heterocycles. The minimum Gasteiger partial charge on any atom is -0.325 e. The fourth-order valence-electron chi connectivity index (χ4n) is 2.15. The Morgan fingerprint density at radius 3 is 3.00 bits per heavy atom. The second-order valence-electron chi connectivity index (χ2n) is 5.20. The van der Waals surface area contributed by atoms with Gasteiger partial charge in [0.1, 0.15) is 6.07 Å². The first-order valence-electron chi connectivity index (χ1n) is 6.48. The van der Waals surface area contributed by atoms with Crippen molar-refractivity contribution in [3.63, 3.8) is 0 Å². The monoisotopic (exact) mass is 292 g/mol. The lowest BCUT2D eigenvalue weighted by atomic mass is 10.0. The van der Waals surface area contributed by atoms with Crippen LogP contribution in [0, 0.1) is 11.3 Å². The molecule has 1 unspecified atom stereocenters. The van der Waals surface area contributed by atoms with Gasteiger partial charge in [-0.25, -0.2) is 0 Å². The van der Waals surface area contributed by atoms with Gasteiger partial charge in [-0.1, -0.05) is 11.6 Å². The van der Waals surface area contributed by atoms with Crippen molar-refractivity contribution < 1.29 is 4.79 Å². The predicted molar refractivity (Wildman–Crippen MR) is 78.7 cm³/mol. The third-order valence-electron chi connectivity index (χ3n) is 3.42. The van der Waals surface area contributed by atoms with Crippen molar-refractivity contribution in [3.8, 4) is 6.07 Å². The number of nitrogens with zero attached hydrogens (tertiary/aromatic N) is 1. The fourth-order valence-corrected chi connectivity index (χ4v) is 2.37. The Morgan fingerprint density at radius 2 is 2.40 bits per heavy atom. The summed E-state index contributed by atoms with van der Waals surface area (Å²) in [4.78, 5) is 11.9. The molecule has 1 amide bonds. The molecule has 3 N–H and O–H groups in total. The number of halogens is 1. The molecular formula is C14H17ClN4O. The number of amides is 1. The van der Waals surface area contributed by atoms with Crippen LogP contribution in [0.15, 0.2) is 18.2 Å². The van der Waals surface area contributed by atoms with E-state index in [1.165, 1.54) is 0 Å². The van der Waals surface area contributed by atoms with Gasteiger partial charge in [-0.05, 0) is 38.1 Å². The van der Waals surface area contributed by atoms with Crippen LogP contribution >= 0.6 is 11.6 Å². The van der Waals surface area contributed by atoms with Gasteiger partial charge in [0.15, 0.2) is 0 Å². The quantitative estimate of drug-likeness (QED) is 0.786. The van der Waals surface area contributed by atoms with Crippen molar-refractivity contribution in [3.05, 3.63) is 28.8 Å². The van der Waals surface area contributed by atoms with Crippen molar-refractivity contribution in [1.29, 1.82) is 5.26 Å². The highest BCUT2D eigenvalue weighted by Gasteiger charge is 2.28. The second-order valence-corrected chi connectivity index (χ2v) is 5.60. The number of carbonyl (C=O) groups is 1. The average molecular weight is 293 g/mol. The number of carbonyl (C=O) groups excluding carboxylic acids is 1. The second kappa shape index (κ2) is 6.23. The van der Waals surface area contributed by atoms with Gasteiger partial charge in [-0.15, -0.1) is 0 Å². The first-order chi connectivity index (χ1) is 9.52. The fraction of sp³-hybridized carbons (Fsp3) is 0.429. The van der Waals surface area contributed by atoms with Gasteiger partial charge < -0.3 is 16.0 Å². The minimum absolute atomic E-state index is 0.0281. The molecule has 1 aromatic rings. The molecule has 2 rings (SSSR count). The van der Waals surface area contributed by atoms with Gasteiger partial charge in [0.2, 0.25) is 5.91 Å². The zero-order chi connectivity index (χ0) is 14.6. The standard InChI is InChI=1S/C14H17ClN4O/c1-14(4-5-17-9-14)18-8-13(20)19-11-3-2-10(7-16)12(15)6-11/h2-3,6,17-18H,4-5,8-9H2,1H3,(H,19,20). The van der Waals surface area contributed by atoms with E-state index in [9.17, 15) is 4.79 Å². The average Bonchev–Trinajstić information content (AvgIpc) is 2.84. The maximum Gasteiger partial charge on any atom is 0.238 e. The summed E-state index contributed by atoms with van der Waals surface area (Å²) in [5, 5.41) is 18.4. The van der Waals surface area contributed by atoms with E-state index < -0.39 is 0 Å². The summed E-state index contributed by atoms with van der Waals surface area (Å²) in [6, 6.07) is 6.82. The molecule has 20 heavy (non-hydrogen) atoms. The summed E-state index contributed by atoms with van der Waals surface area (Å²) in [5.41, 5.74) is 0.961. The molecule has 5 nitrogen and oxygen atoms in total. The highest BCUT2D eigenvalue weighted by atomic mass is 35.5. The number of nitrogens with one attached hydrogen (secondary N) is 3. The molecule has 1 heterocycles. The Labute approximate surface area is 123 Å². The summed E-state index contributed by atoms with van der Waals surface area (Å²) in [6.07, 6.45) is 1.00. The molecule has 0 aliphatic carbocycles. The smallest absolute Gasteiger partial charge is 0.238 e. The third kappa shape index (κ3) is 3.70. The van der Waals surface area contributed by atoms with Crippen LogP contribution in [-0.2, 0) is 4.79 Å². The van der Waals surface area contributed by atoms with E-state index in [0.29, 0.717) is 16.3 Å². The number of anilines is 1. The molecule has 0 saturated carbocycles. The molecule has 1 fully saturated rings. The van der Waals surface area contributed by atoms with Crippen LogP contribution < -0.4 is 16.0 Å². The summed E-state index contributed by atoms with van der Waals surface area (Å²) < 4.78 is 0. The molecule has 1 atom stereocenters. The van der Waals surface area contributed by atoms with Crippen molar-refractivity contribution in [2.24, 2.45) is 0 Å². The maximum absolute atomic E-state index is 11.9. The van der Waals surface area contributed by atoms with Gasteiger partial charge in [-0.3, -0.25) is 4.79 Å². The van der Waals surface area contributed by atoms with Crippen LogP contribution in [0.25, 0.3) is 0 Å². The first kappa shape index (κ1) is 14.8. The number of nitriles is 1. The molecule has 1 aromatic carbocycles. The summed E-state index contributed by atoms with van der Waals surface area (Å²) >= 11 is 5.92. The Morgan fingerprint density at radius 1 is 1.60 bits per heavy atom. The normalized spacial score (nSPS) is 21.4. The molecule has 1 aliphatic rings. The predicted octanol–water partition coefficient (Wildman–Crippen LogP) is 1.49. The molecule has 106 valence electrons. The van der Waals surface area contributed by atoms with E-state index in [2.05, 4.69) is 22.9 Å². The van der Waals surface area contributed by atoms with Crippen LogP contribution in [-0.4, -0.2) is 31.1 Å².